The zero-order chi connectivity index (χ0) is 36.4. The van der Waals surface area contributed by atoms with Crippen LogP contribution in [0.5, 0.6) is 0 Å². The summed E-state index contributed by atoms with van der Waals surface area (Å²) in [6.07, 6.45) is 57.2. The van der Waals surface area contributed by atoms with Crippen LogP contribution in [0.15, 0.2) is 109 Å². The van der Waals surface area contributed by atoms with Crippen LogP contribution < -0.4 is 0 Å². The number of hydrogen-bond acceptors (Lipinski definition) is 5. The number of ether oxygens (including phenoxy) is 2. The molecular formula is C45H70O5. The summed E-state index contributed by atoms with van der Waals surface area (Å²) in [5.74, 6) is -0.728. The summed E-state index contributed by atoms with van der Waals surface area (Å²) in [6.45, 7) is 3.88. The third-order valence-electron chi connectivity index (χ3n) is 7.56. The molecule has 1 N–H and O–H groups in total. The molecule has 0 rings (SSSR count). The van der Waals surface area contributed by atoms with E-state index >= 15 is 0 Å². The minimum absolute atomic E-state index is 0.116. The van der Waals surface area contributed by atoms with Gasteiger partial charge in [-0.05, 0) is 89.9 Å². The van der Waals surface area contributed by atoms with Gasteiger partial charge in [-0.15, -0.1) is 0 Å². The predicted molar refractivity (Wildman–Crippen MR) is 214 cm³/mol. The van der Waals surface area contributed by atoms with Gasteiger partial charge in [0, 0.05) is 12.8 Å². The molecule has 0 aromatic heterocycles. The van der Waals surface area contributed by atoms with Crippen LogP contribution in [0.1, 0.15) is 142 Å². The predicted octanol–water partition coefficient (Wildman–Crippen LogP) is 12.3. The molecule has 50 heavy (non-hydrogen) atoms. The number of allylic oxidation sites excluding steroid dienone is 18. The van der Waals surface area contributed by atoms with Crippen LogP contribution in [0.4, 0.5) is 0 Å². The Balaban J connectivity index is 3.78. The van der Waals surface area contributed by atoms with E-state index in [1.165, 1.54) is 25.7 Å². The maximum Gasteiger partial charge on any atom is 0.306 e. The summed E-state index contributed by atoms with van der Waals surface area (Å²) in [5.41, 5.74) is 0. The van der Waals surface area contributed by atoms with Gasteiger partial charge in [0.05, 0.1) is 6.61 Å². The standard InChI is InChI=1S/C45H70O5/c1-3-5-7-9-11-13-15-17-19-21-22-24-26-28-30-32-34-36-38-40-45(48)50-43(41-46)42-49-44(47)39-37-35-33-31-29-27-25-23-20-18-16-14-12-10-8-6-4-2/h6,8,11-14,17-20,22,24-25,27-28,30,34,36,43,46H,3-5,7,9-10,15-16,21,23,26,29,31-33,35,37-42H2,1-2H3/b8-6-,13-11-,14-12-,19-17-,20-18-,24-22-,27-25-,30-28-,36-34-/t43-/m0/s1. The molecule has 0 aromatic rings. The van der Waals surface area contributed by atoms with Crippen molar-refractivity contribution in [1.82, 2.24) is 0 Å². The number of aliphatic hydroxyl groups excluding tert-OH is 1. The molecule has 0 saturated carbocycles. The average Bonchev–Trinajstić information content (AvgIpc) is 3.12. The third kappa shape index (κ3) is 37.4. The normalized spacial score (nSPS) is 13.4. The Morgan fingerprint density at radius 2 is 0.900 bits per heavy atom. The van der Waals surface area contributed by atoms with Crippen molar-refractivity contribution in [3.8, 4) is 0 Å². The van der Waals surface area contributed by atoms with Gasteiger partial charge in [0.15, 0.2) is 6.10 Å². The van der Waals surface area contributed by atoms with Crippen LogP contribution in [0, 0.1) is 0 Å². The van der Waals surface area contributed by atoms with E-state index in [0.29, 0.717) is 12.8 Å². The lowest BCUT2D eigenvalue weighted by Gasteiger charge is -2.15. The van der Waals surface area contributed by atoms with Crippen molar-refractivity contribution < 1.29 is 24.2 Å². The van der Waals surface area contributed by atoms with Crippen LogP contribution in [-0.4, -0.2) is 36.4 Å². The van der Waals surface area contributed by atoms with Crippen LogP contribution in [0.2, 0.25) is 0 Å². The zero-order valence-corrected chi connectivity index (χ0v) is 31.6. The van der Waals surface area contributed by atoms with E-state index in [9.17, 15) is 14.7 Å². The zero-order valence-electron chi connectivity index (χ0n) is 31.6. The Morgan fingerprint density at radius 3 is 1.36 bits per heavy atom. The number of esters is 2. The van der Waals surface area contributed by atoms with Gasteiger partial charge in [0.2, 0.25) is 0 Å². The first-order valence-corrected chi connectivity index (χ1v) is 19.4. The van der Waals surface area contributed by atoms with E-state index in [1.54, 1.807) is 0 Å². The number of carbonyl (C=O) groups excluding carboxylic acids is 2. The highest BCUT2D eigenvalue weighted by Gasteiger charge is 2.15. The van der Waals surface area contributed by atoms with Gasteiger partial charge < -0.3 is 14.6 Å². The molecule has 0 aliphatic rings. The van der Waals surface area contributed by atoms with Crippen molar-refractivity contribution in [3.05, 3.63) is 109 Å². The van der Waals surface area contributed by atoms with Crippen LogP contribution in [0.3, 0.4) is 0 Å². The number of hydrogen-bond donors (Lipinski definition) is 1. The second-order valence-electron chi connectivity index (χ2n) is 12.3. The minimum Gasteiger partial charge on any atom is -0.462 e. The Labute approximate surface area is 306 Å². The van der Waals surface area contributed by atoms with Crippen LogP contribution >= 0.6 is 0 Å². The van der Waals surface area contributed by atoms with Gasteiger partial charge in [-0.1, -0.05) is 149 Å². The Hall–Kier alpha value is -3.44. The molecule has 0 aliphatic heterocycles. The van der Waals surface area contributed by atoms with Gasteiger partial charge in [-0.25, -0.2) is 0 Å². The van der Waals surface area contributed by atoms with Gasteiger partial charge in [0.25, 0.3) is 0 Å². The summed E-state index contributed by atoms with van der Waals surface area (Å²) < 4.78 is 10.5. The maximum atomic E-state index is 12.1. The van der Waals surface area contributed by atoms with E-state index in [2.05, 4.69) is 111 Å². The van der Waals surface area contributed by atoms with E-state index in [0.717, 1.165) is 83.5 Å². The van der Waals surface area contributed by atoms with E-state index in [-0.39, 0.29) is 25.6 Å². The molecule has 0 aromatic carbocycles. The molecule has 5 nitrogen and oxygen atoms in total. The first-order chi connectivity index (χ1) is 24.6. The number of carbonyl (C=O) groups is 2. The fourth-order valence-corrected chi connectivity index (χ4v) is 4.64. The molecule has 5 heteroatoms. The molecule has 0 spiro atoms. The molecule has 0 aliphatic carbocycles. The highest BCUT2D eigenvalue weighted by molar-refractivity contribution is 5.70. The summed E-state index contributed by atoms with van der Waals surface area (Å²) >= 11 is 0. The first kappa shape index (κ1) is 46.6. The lowest BCUT2D eigenvalue weighted by atomic mass is 10.1. The van der Waals surface area contributed by atoms with Gasteiger partial charge in [-0.2, -0.15) is 0 Å². The summed E-state index contributed by atoms with van der Waals surface area (Å²) in [4.78, 5) is 24.2. The molecular weight excluding hydrogens is 620 g/mol. The van der Waals surface area contributed by atoms with Crippen molar-refractivity contribution in [2.24, 2.45) is 0 Å². The van der Waals surface area contributed by atoms with Gasteiger partial charge in [0.1, 0.15) is 6.61 Å². The highest BCUT2D eigenvalue weighted by Crippen LogP contribution is 2.08. The van der Waals surface area contributed by atoms with E-state index in [4.69, 9.17) is 9.47 Å². The number of aliphatic hydroxyl groups is 1. The smallest absolute Gasteiger partial charge is 0.306 e. The molecule has 0 bridgehead atoms. The van der Waals surface area contributed by atoms with Crippen LogP contribution in [-0.2, 0) is 19.1 Å². The van der Waals surface area contributed by atoms with Gasteiger partial charge in [-0.3, -0.25) is 9.59 Å². The molecule has 0 unspecified atom stereocenters. The minimum atomic E-state index is -0.829. The quantitative estimate of drug-likeness (QED) is 0.0421. The van der Waals surface area contributed by atoms with Gasteiger partial charge >= 0.3 is 11.9 Å². The molecule has 0 radical (unpaired) electrons. The van der Waals surface area contributed by atoms with Crippen molar-refractivity contribution in [2.45, 2.75) is 148 Å². The Morgan fingerprint density at radius 1 is 0.480 bits per heavy atom. The summed E-state index contributed by atoms with van der Waals surface area (Å²) in [7, 11) is 0. The largest absolute Gasteiger partial charge is 0.462 e. The van der Waals surface area contributed by atoms with Crippen molar-refractivity contribution in [1.29, 1.82) is 0 Å². The molecule has 280 valence electrons. The fraction of sp³-hybridized carbons (Fsp3) is 0.556. The number of rotatable bonds is 33. The monoisotopic (exact) mass is 691 g/mol. The molecule has 0 fully saturated rings. The second-order valence-corrected chi connectivity index (χ2v) is 12.3. The Kier molecular flexibility index (Phi) is 37.2. The SMILES string of the molecule is CC/C=C\C/C=C\C/C=C\C/C=C\CCCCCCC(=O)OC[C@H](CO)OC(=O)CC/C=C\C/C=C\C/C=C\C/C=C\C/C=C\CCCCC. The highest BCUT2D eigenvalue weighted by atomic mass is 16.6. The van der Waals surface area contributed by atoms with Crippen molar-refractivity contribution >= 4 is 11.9 Å². The Bertz CT molecular complexity index is 1050. The van der Waals surface area contributed by atoms with Crippen LogP contribution in [0.25, 0.3) is 0 Å². The molecule has 0 heterocycles. The fourth-order valence-electron chi connectivity index (χ4n) is 4.64. The van der Waals surface area contributed by atoms with E-state index in [1.807, 2.05) is 12.2 Å². The first-order valence-electron chi connectivity index (χ1n) is 19.4. The topological polar surface area (TPSA) is 72.8 Å². The third-order valence-corrected chi connectivity index (χ3v) is 7.56. The second kappa shape index (κ2) is 40.0. The van der Waals surface area contributed by atoms with E-state index < -0.39 is 12.1 Å². The maximum absolute atomic E-state index is 12.1. The van der Waals surface area contributed by atoms with Crippen molar-refractivity contribution in [3.63, 3.8) is 0 Å². The lowest BCUT2D eigenvalue weighted by molar-refractivity contribution is -0.161. The van der Waals surface area contributed by atoms with Crippen molar-refractivity contribution in [2.75, 3.05) is 13.2 Å². The summed E-state index contributed by atoms with van der Waals surface area (Å²) in [6, 6.07) is 0. The number of unbranched alkanes of at least 4 members (excludes halogenated alkanes) is 7. The average molecular weight is 691 g/mol. The molecule has 0 saturated heterocycles. The molecule has 0 amide bonds. The molecule has 1 atom stereocenters. The summed E-state index contributed by atoms with van der Waals surface area (Å²) in [5, 5.41) is 9.54. The lowest BCUT2D eigenvalue weighted by Crippen LogP contribution is -2.28.